The van der Waals surface area contributed by atoms with Crippen LogP contribution >= 0.6 is 11.8 Å². The molecule has 0 spiro atoms. The van der Waals surface area contributed by atoms with Crippen molar-refractivity contribution >= 4 is 35.1 Å². The van der Waals surface area contributed by atoms with Crippen LogP contribution in [0.5, 0.6) is 5.75 Å². The Morgan fingerprint density at radius 2 is 1.83 bits per heavy atom. The average Bonchev–Trinajstić information content (AvgIpc) is 3.29. The number of fused-ring (bicyclic) bond motifs is 3. The topological polar surface area (TPSA) is 65.4 Å². The SMILES string of the molecule is N#Cc1ccccc1COc1ccc(/C=C2\S[C@@H]3Nc4ccccc4N3C2=O)cc1. The number of nitrogens with one attached hydrogen (secondary N) is 1. The predicted molar refractivity (Wildman–Crippen MR) is 119 cm³/mol. The summed E-state index contributed by atoms with van der Waals surface area (Å²) in [7, 11) is 0. The number of hydrogen-bond acceptors (Lipinski definition) is 5. The summed E-state index contributed by atoms with van der Waals surface area (Å²) in [5.74, 6) is 0.724. The quantitative estimate of drug-likeness (QED) is 0.614. The fraction of sp³-hybridized carbons (Fsp3) is 0.0833. The molecule has 3 aromatic rings. The van der Waals surface area contributed by atoms with Gasteiger partial charge in [0.2, 0.25) is 0 Å². The molecule has 0 unspecified atom stereocenters. The molecule has 1 atom stereocenters. The normalized spacial score (nSPS) is 18.0. The highest BCUT2D eigenvalue weighted by Gasteiger charge is 2.42. The lowest BCUT2D eigenvalue weighted by molar-refractivity contribution is -0.114. The highest BCUT2D eigenvalue weighted by Crippen LogP contribution is 2.46. The van der Waals surface area contributed by atoms with Gasteiger partial charge in [-0.2, -0.15) is 5.26 Å². The number of thioether (sulfide) groups is 1. The molecule has 1 saturated heterocycles. The van der Waals surface area contributed by atoms with E-state index in [2.05, 4.69) is 11.4 Å². The molecule has 1 amide bonds. The van der Waals surface area contributed by atoms with E-state index in [9.17, 15) is 10.1 Å². The van der Waals surface area contributed by atoms with Crippen LogP contribution in [0.3, 0.4) is 0 Å². The van der Waals surface area contributed by atoms with Gasteiger partial charge in [0.15, 0.2) is 5.50 Å². The minimum Gasteiger partial charge on any atom is -0.489 e. The van der Waals surface area contributed by atoms with Crippen LogP contribution in [-0.4, -0.2) is 11.4 Å². The van der Waals surface area contributed by atoms with Gasteiger partial charge in [0, 0.05) is 5.56 Å². The van der Waals surface area contributed by atoms with Crippen LogP contribution < -0.4 is 15.0 Å². The van der Waals surface area contributed by atoms with E-state index in [4.69, 9.17) is 4.74 Å². The highest BCUT2D eigenvalue weighted by molar-refractivity contribution is 8.05. The Hall–Kier alpha value is -3.69. The molecular weight excluding hydrogens is 394 g/mol. The molecule has 30 heavy (non-hydrogen) atoms. The molecule has 5 nitrogen and oxygen atoms in total. The summed E-state index contributed by atoms with van der Waals surface area (Å²) in [5, 5.41) is 12.6. The molecule has 2 aliphatic rings. The Morgan fingerprint density at radius 3 is 2.67 bits per heavy atom. The van der Waals surface area contributed by atoms with Gasteiger partial charge >= 0.3 is 0 Å². The second kappa shape index (κ2) is 7.62. The van der Waals surface area contributed by atoms with E-state index in [1.807, 2.05) is 72.8 Å². The summed E-state index contributed by atoms with van der Waals surface area (Å²) in [4.78, 5) is 15.4. The van der Waals surface area contributed by atoms with Crippen molar-refractivity contribution in [2.45, 2.75) is 12.1 Å². The Balaban J connectivity index is 1.28. The molecule has 2 heterocycles. The molecule has 1 N–H and O–H groups in total. The number of carbonyl (C=O) groups excluding carboxylic acids is 1. The van der Waals surface area contributed by atoms with Crippen LogP contribution in [0.4, 0.5) is 11.4 Å². The van der Waals surface area contributed by atoms with Crippen LogP contribution in [0.1, 0.15) is 16.7 Å². The van der Waals surface area contributed by atoms with Crippen LogP contribution in [0.15, 0.2) is 77.7 Å². The first-order valence-electron chi connectivity index (χ1n) is 9.51. The molecule has 0 radical (unpaired) electrons. The first-order valence-corrected chi connectivity index (χ1v) is 10.4. The summed E-state index contributed by atoms with van der Waals surface area (Å²) < 4.78 is 5.82. The van der Waals surface area contributed by atoms with Crippen molar-refractivity contribution in [2.75, 3.05) is 10.2 Å². The van der Waals surface area contributed by atoms with Crippen molar-refractivity contribution in [3.05, 3.63) is 94.4 Å². The van der Waals surface area contributed by atoms with Crippen LogP contribution in [-0.2, 0) is 11.4 Å². The summed E-state index contributed by atoms with van der Waals surface area (Å²) in [6, 6.07) is 25.0. The zero-order valence-corrected chi connectivity index (χ0v) is 16.7. The summed E-state index contributed by atoms with van der Waals surface area (Å²) in [5.41, 5.74) is 4.22. The maximum Gasteiger partial charge on any atom is 0.267 e. The third-order valence-electron chi connectivity index (χ3n) is 5.06. The lowest BCUT2D eigenvalue weighted by Gasteiger charge is -2.12. The minimum absolute atomic E-state index is 0.0101. The lowest BCUT2D eigenvalue weighted by atomic mass is 10.1. The fourth-order valence-corrected chi connectivity index (χ4v) is 4.69. The molecule has 0 aromatic heterocycles. The molecule has 5 rings (SSSR count). The van der Waals surface area contributed by atoms with Crippen molar-refractivity contribution < 1.29 is 9.53 Å². The van der Waals surface area contributed by atoms with Gasteiger partial charge in [0.05, 0.1) is 27.9 Å². The number of carbonyl (C=O) groups is 1. The average molecular weight is 411 g/mol. The van der Waals surface area contributed by atoms with E-state index in [0.29, 0.717) is 22.8 Å². The van der Waals surface area contributed by atoms with Gasteiger partial charge < -0.3 is 10.1 Å². The number of hydrogen-bond donors (Lipinski definition) is 1. The molecule has 1 fully saturated rings. The zero-order chi connectivity index (χ0) is 20.5. The smallest absolute Gasteiger partial charge is 0.267 e. The molecule has 0 saturated carbocycles. The van der Waals surface area contributed by atoms with E-state index in [0.717, 1.165) is 22.5 Å². The van der Waals surface area contributed by atoms with E-state index >= 15 is 0 Å². The molecule has 0 bridgehead atoms. The molecular formula is C24H17N3O2S. The largest absolute Gasteiger partial charge is 0.489 e. The van der Waals surface area contributed by atoms with Gasteiger partial charge in [0.1, 0.15) is 12.4 Å². The van der Waals surface area contributed by atoms with Gasteiger partial charge in [-0.1, -0.05) is 54.2 Å². The third-order valence-corrected chi connectivity index (χ3v) is 6.15. The van der Waals surface area contributed by atoms with Gasteiger partial charge in [0.25, 0.3) is 5.91 Å². The molecule has 6 heteroatoms. The number of rotatable bonds is 4. The van der Waals surface area contributed by atoms with Crippen molar-refractivity contribution in [1.29, 1.82) is 5.26 Å². The number of amides is 1. The Kier molecular flexibility index (Phi) is 4.66. The monoisotopic (exact) mass is 411 g/mol. The van der Waals surface area contributed by atoms with Gasteiger partial charge in [-0.25, -0.2) is 0 Å². The maximum absolute atomic E-state index is 12.9. The van der Waals surface area contributed by atoms with Crippen LogP contribution in [0, 0.1) is 11.3 Å². The molecule has 0 aliphatic carbocycles. The maximum atomic E-state index is 12.9. The number of ether oxygens (including phenoxy) is 1. The molecule has 2 aliphatic heterocycles. The standard InChI is InChI=1S/C24H17N3O2S/c25-14-17-5-1-2-6-18(17)15-29-19-11-9-16(10-12-19)13-22-23(28)27-21-8-4-3-7-20(21)26-24(27)30-22/h1-13,24,26H,15H2/b22-13-/t24-/m1/s1. The minimum atomic E-state index is -0.0936. The molecule has 146 valence electrons. The Labute approximate surface area is 178 Å². The summed E-state index contributed by atoms with van der Waals surface area (Å²) in [6.45, 7) is 0.334. The van der Waals surface area contributed by atoms with E-state index in [-0.39, 0.29) is 11.4 Å². The second-order valence-corrected chi connectivity index (χ2v) is 8.06. The fourth-order valence-electron chi connectivity index (χ4n) is 3.54. The number of para-hydroxylation sites is 2. The van der Waals surface area contributed by atoms with Crippen LogP contribution in [0.2, 0.25) is 0 Å². The highest BCUT2D eigenvalue weighted by atomic mass is 32.2. The van der Waals surface area contributed by atoms with Gasteiger partial charge in [-0.3, -0.25) is 9.69 Å². The van der Waals surface area contributed by atoms with Crippen molar-refractivity contribution in [3.8, 4) is 11.8 Å². The summed E-state index contributed by atoms with van der Waals surface area (Å²) in [6.07, 6.45) is 1.91. The van der Waals surface area contributed by atoms with E-state index in [1.165, 1.54) is 11.8 Å². The Morgan fingerprint density at radius 1 is 1.07 bits per heavy atom. The molecule has 3 aromatic carbocycles. The van der Waals surface area contributed by atoms with Gasteiger partial charge in [-0.05, 0) is 42.0 Å². The predicted octanol–water partition coefficient (Wildman–Crippen LogP) is 4.97. The van der Waals surface area contributed by atoms with E-state index < -0.39 is 0 Å². The first-order chi connectivity index (χ1) is 14.7. The lowest BCUT2D eigenvalue weighted by Crippen LogP contribution is -2.31. The number of anilines is 2. The van der Waals surface area contributed by atoms with Crippen molar-refractivity contribution in [3.63, 3.8) is 0 Å². The second-order valence-electron chi connectivity index (χ2n) is 6.94. The Bertz CT molecular complexity index is 1200. The van der Waals surface area contributed by atoms with Gasteiger partial charge in [-0.15, -0.1) is 0 Å². The third kappa shape index (κ3) is 3.30. The van der Waals surface area contributed by atoms with Crippen molar-refractivity contribution in [1.82, 2.24) is 0 Å². The zero-order valence-electron chi connectivity index (χ0n) is 15.9. The van der Waals surface area contributed by atoms with E-state index in [1.54, 1.807) is 11.0 Å². The first kappa shape index (κ1) is 18.3. The number of nitriles is 1. The van der Waals surface area contributed by atoms with Crippen LogP contribution in [0.25, 0.3) is 6.08 Å². The number of nitrogens with zero attached hydrogens (tertiary/aromatic N) is 2. The number of benzene rings is 3. The summed E-state index contributed by atoms with van der Waals surface area (Å²) >= 11 is 1.52. The van der Waals surface area contributed by atoms with Crippen molar-refractivity contribution in [2.24, 2.45) is 0 Å².